The van der Waals surface area contributed by atoms with Crippen LogP contribution in [0.15, 0.2) is 12.4 Å². The largest absolute Gasteiger partial charge is 0.380 e. The topological polar surface area (TPSA) is 59.0 Å². The lowest BCUT2D eigenvalue weighted by Crippen LogP contribution is -2.30. The average molecular weight is 264 g/mol. The van der Waals surface area contributed by atoms with Crippen LogP contribution < -0.4 is 10.6 Å². The van der Waals surface area contributed by atoms with Gasteiger partial charge < -0.3 is 10.6 Å². The Balaban J connectivity index is 1.90. The molecule has 5 heteroatoms. The van der Waals surface area contributed by atoms with Crippen molar-refractivity contribution >= 4 is 11.6 Å². The number of hydrogen-bond acceptors (Lipinski definition) is 3. The molecule has 106 valence electrons. The molecule has 2 atom stereocenters. The van der Waals surface area contributed by atoms with Gasteiger partial charge in [-0.15, -0.1) is 0 Å². The Labute approximate surface area is 114 Å². The standard InChI is InChI=1S/C14H24N4O/c1-10-4-11(2)6-12(5-10)17-13-7-16-18(8-13)9-14(19)15-3/h7-8,10-12,17H,4-6,9H2,1-3H3,(H,15,19). The Hall–Kier alpha value is -1.52. The van der Waals surface area contributed by atoms with Gasteiger partial charge in [0.1, 0.15) is 6.54 Å². The van der Waals surface area contributed by atoms with Crippen LogP contribution in [0.3, 0.4) is 0 Å². The quantitative estimate of drug-likeness (QED) is 0.872. The minimum Gasteiger partial charge on any atom is -0.380 e. The number of nitrogens with one attached hydrogen (secondary N) is 2. The fraction of sp³-hybridized carbons (Fsp3) is 0.714. The van der Waals surface area contributed by atoms with Gasteiger partial charge >= 0.3 is 0 Å². The van der Waals surface area contributed by atoms with Crippen LogP contribution >= 0.6 is 0 Å². The van der Waals surface area contributed by atoms with E-state index in [1.807, 2.05) is 6.20 Å². The van der Waals surface area contributed by atoms with Crippen molar-refractivity contribution < 1.29 is 4.79 Å². The molecule has 2 N–H and O–H groups in total. The third kappa shape index (κ3) is 3.98. The fourth-order valence-electron chi connectivity index (χ4n) is 3.05. The van der Waals surface area contributed by atoms with E-state index in [2.05, 4.69) is 29.6 Å². The number of nitrogens with zero attached hydrogens (tertiary/aromatic N) is 2. The third-order valence-corrected chi connectivity index (χ3v) is 3.77. The van der Waals surface area contributed by atoms with Crippen LogP contribution in [-0.4, -0.2) is 28.8 Å². The van der Waals surface area contributed by atoms with Crippen molar-refractivity contribution in [3.8, 4) is 0 Å². The summed E-state index contributed by atoms with van der Waals surface area (Å²) in [5.74, 6) is 1.53. The summed E-state index contributed by atoms with van der Waals surface area (Å²) >= 11 is 0. The molecule has 19 heavy (non-hydrogen) atoms. The number of rotatable bonds is 4. The predicted molar refractivity (Wildman–Crippen MR) is 75.9 cm³/mol. The smallest absolute Gasteiger partial charge is 0.241 e. The first-order valence-electron chi connectivity index (χ1n) is 7.06. The first kappa shape index (κ1) is 13.9. The summed E-state index contributed by atoms with van der Waals surface area (Å²) in [6.07, 6.45) is 7.45. The zero-order valence-electron chi connectivity index (χ0n) is 12.0. The normalized spacial score (nSPS) is 27.0. The molecule has 1 aromatic heterocycles. The van der Waals surface area contributed by atoms with E-state index in [9.17, 15) is 4.79 Å². The van der Waals surface area contributed by atoms with E-state index in [-0.39, 0.29) is 12.5 Å². The molecule has 5 nitrogen and oxygen atoms in total. The molecule has 2 rings (SSSR count). The zero-order chi connectivity index (χ0) is 13.8. The molecule has 0 bridgehead atoms. The highest BCUT2D eigenvalue weighted by molar-refractivity contribution is 5.75. The SMILES string of the molecule is CNC(=O)Cn1cc(NC2CC(C)CC(C)C2)cn1. The zero-order valence-corrected chi connectivity index (χ0v) is 12.0. The van der Waals surface area contributed by atoms with Crippen molar-refractivity contribution in [2.75, 3.05) is 12.4 Å². The van der Waals surface area contributed by atoms with E-state index in [1.54, 1.807) is 17.9 Å². The summed E-state index contributed by atoms with van der Waals surface area (Å²) in [6.45, 7) is 4.91. The molecule has 0 radical (unpaired) electrons. The van der Waals surface area contributed by atoms with Gasteiger partial charge in [0.25, 0.3) is 0 Å². The average Bonchev–Trinajstić information content (AvgIpc) is 2.74. The van der Waals surface area contributed by atoms with E-state index < -0.39 is 0 Å². The molecule has 1 saturated carbocycles. The second-order valence-corrected chi connectivity index (χ2v) is 5.86. The van der Waals surface area contributed by atoms with E-state index >= 15 is 0 Å². The maximum absolute atomic E-state index is 11.3. The summed E-state index contributed by atoms with van der Waals surface area (Å²) in [7, 11) is 1.63. The van der Waals surface area contributed by atoms with Crippen LogP contribution in [0.25, 0.3) is 0 Å². The highest BCUT2D eigenvalue weighted by Crippen LogP contribution is 2.30. The Bertz CT molecular complexity index is 419. The van der Waals surface area contributed by atoms with Gasteiger partial charge in [0, 0.05) is 19.3 Å². The lowest BCUT2D eigenvalue weighted by molar-refractivity contribution is -0.121. The van der Waals surface area contributed by atoms with Crippen molar-refractivity contribution in [2.45, 2.75) is 45.7 Å². The van der Waals surface area contributed by atoms with Gasteiger partial charge in [-0.05, 0) is 31.1 Å². The lowest BCUT2D eigenvalue weighted by Gasteiger charge is -2.32. The highest BCUT2D eigenvalue weighted by atomic mass is 16.1. The molecule has 1 fully saturated rings. The molecule has 0 aliphatic heterocycles. The van der Waals surface area contributed by atoms with Crippen LogP contribution in [0.5, 0.6) is 0 Å². The molecule has 1 aliphatic rings. The number of likely N-dealkylation sites (N-methyl/N-ethyl adjacent to an activating group) is 1. The first-order chi connectivity index (χ1) is 9.06. The van der Waals surface area contributed by atoms with Crippen LogP contribution in [0.2, 0.25) is 0 Å². The molecule has 1 heterocycles. The maximum atomic E-state index is 11.3. The van der Waals surface area contributed by atoms with Crippen molar-refractivity contribution in [1.82, 2.24) is 15.1 Å². The molecule has 1 aliphatic carbocycles. The predicted octanol–water partition coefficient (Wildman–Crippen LogP) is 1.87. The summed E-state index contributed by atoms with van der Waals surface area (Å²) in [6, 6.07) is 0.524. The van der Waals surface area contributed by atoms with E-state index in [0.29, 0.717) is 6.04 Å². The van der Waals surface area contributed by atoms with Gasteiger partial charge in [0.15, 0.2) is 0 Å². The van der Waals surface area contributed by atoms with Gasteiger partial charge in [-0.2, -0.15) is 5.10 Å². The van der Waals surface area contributed by atoms with Gasteiger partial charge in [0.2, 0.25) is 5.91 Å². The summed E-state index contributed by atoms with van der Waals surface area (Å²) in [4.78, 5) is 11.3. The molecular weight excluding hydrogens is 240 g/mol. The van der Waals surface area contributed by atoms with E-state index in [1.165, 1.54) is 19.3 Å². The molecule has 0 aromatic carbocycles. The second kappa shape index (κ2) is 6.08. The Morgan fingerprint density at radius 2 is 2.05 bits per heavy atom. The van der Waals surface area contributed by atoms with Crippen LogP contribution in [-0.2, 0) is 11.3 Å². The molecule has 0 saturated heterocycles. The number of carbonyl (C=O) groups excluding carboxylic acids is 1. The minimum atomic E-state index is -0.0328. The summed E-state index contributed by atoms with van der Waals surface area (Å²) in [5.41, 5.74) is 1.01. The number of aromatic nitrogens is 2. The van der Waals surface area contributed by atoms with Crippen molar-refractivity contribution in [3.63, 3.8) is 0 Å². The molecular formula is C14H24N4O. The molecule has 2 unspecified atom stereocenters. The molecule has 1 aromatic rings. The minimum absolute atomic E-state index is 0.0328. The maximum Gasteiger partial charge on any atom is 0.241 e. The van der Waals surface area contributed by atoms with Gasteiger partial charge in [0.05, 0.1) is 11.9 Å². The molecule has 0 spiro atoms. The Morgan fingerprint density at radius 3 is 2.68 bits per heavy atom. The monoisotopic (exact) mass is 264 g/mol. The number of carbonyl (C=O) groups is 1. The van der Waals surface area contributed by atoms with Crippen molar-refractivity contribution in [2.24, 2.45) is 11.8 Å². The second-order valence-electron chi connectivity index (χ2n) is 5.86. The Kier molecular flexibility index (Phi) is 4.45. The van der Waals surface area contributed by atoms with E-state index in [4.69, 9.17) is 0 Å². The summed E-state index contributed by atoms with van der Waals surface area (Å²) in [5, 5.41) is 10.3. The Morgan fingerprint density at radius 1 is 1.37 bits per heavy atom. The van der Waals surface area contributed by atoms with Crippen LogP contribution in [0.4, 0.5) is 5.69 Å². The first-order valence-corrected chi connectivity index (χ1v) is 7.06. The lowest BCUT2D eigenvalue weighted by atomic mass is 9.80. The van der Waals surface area contributed by atoms with Crippen LogP contribution in [0, 0.1) is 11.8 Å². The number of hydrogen-bond donors (Lipinski definition) is 2. The van der Waals surface area contributed by atoms with Gasteiger partial charge in [-0.1, -0.05) is 13.8 Å². The number of amides is 1. The van der Waals surface area contributed by atoms with Gasteiger partial charge in [-0.25, -0.2) is 0 Å². The highest BCUT2D eigenvalue weighted by Gasteiger charge is 2.23. The fourth-order valence-corrected chi connectivity index (χ4v) is 3.05. The van der Waals surface area contributed by atoms with Gasteiger partial charge in [-0.3, -0.25) is 9.48 Å². The van der Waals surface area contributed by atoms with E-state index in [0.717, 1.165) is 17.5 Å². The van der Waals surface area contributed by atoms with Crippen molar-refractivity contribution in [1.29, 1.82) is 0 Å². The summed E-state index contributed by atoms with van der Waals surface area (Å²) < 4.78 is 1.66. The van der Waals surface area contributed by atoms with Crippen LogP contribution in [0.1, 0.15) is 33.1 Å². The number of anilines is 1. The molecule has 1 amide bonds. The third-order valence-electron chi connectivity index (χ3n) is 3.77. The van der Waals surface area contributed by atoms with Crippen molar-refractivity contribution in [3.05, 3.63) is 12.4 Å².